The van der Waals surface area contributed by atoms with Gasteiger partial charge in [-0.3, -0.25) is 0 Å². The first-order chi connectivity index (χ1) is 14.6. The van der Waals surface area contributed by atoms with Crippen LogP contribution < -0.4 is 4.74 Å². The number of allylic oxidation sites excluding steroid dienone is 5. The number of hydrogen-bond donors (Lipinski definition) is 2. The maximum atomic E-state index is 11.4. The number of carboxylic acids is 1. The normalized spacial score (nSPS) is 18.4. The van der Waals surface area contributed by atoms with Crippen molar-refractivity contribution in [3.05, 3.63) is 64.3 Å². The van der Waals surface area contributed by atoms with Gasteiger partial charge in [0.15, 0.2) is 0 Å². The van der Waals surface area contributed by atoms with Gasteiger partial charge in [0.25, 0.3) is 0 Å². The Balaban J connectivity index is 1.87. The lowest BCUT2D eigenvalue weighted by molar-refractivity contribution is -0.132. The van der Waals surface area contributed by atoms with Crippen molar-refractivity contribution in [1.82, 2.24) is 0 Å². The fourth-order valence-electron chi connectivity index (χ4n) is 3.71. The highest BCUT2D eigenvalue weighted by Gasteiger charge is 2.27. The molecule has 0 radical (unpaired) electrons. The van der Waals surface area contributed by atoms with Gasteiger partial charge in [0.2, 0.25) is 0 Å². The molecule has 1 heterocycles. The summed E-state index contributed by atoms with van der Waals surface area (Å²) < 4.78 is 6.27. The molecule has 4 nitrogen and oxygen atoms in total. The maximum absolute atomic E-state index is 11.4. The number of carboxylic acid groups (broad SMARTS) is 1. The van der Waals surface area contributed by atoms with Gasteiger partial charge in [-0.25, -0.2) is 4.79 Å². The van der Waals surface area contributed by atoms with Crippen LogP contribution in [0.15, 0.2) is 53.2 Å². The molecule has 2 N–H and O–H groups in total. The standard InChI is InChI=1S/C27H36O4/c1-19(2)9-6-12-22(26(29)30)13-7-10-20(3)11-8-15-27(5)16-14-23-18-24(28)17-21(4)25(23)31-27/h9,11,13-14,16-18,28H,6-8,10,12,15H2,1-5H3,(H,29,30)/b20-11+,22-13-/t27-/m1/s1. The summed E-state index contributed by atoms with van der Waals surface area (Å²) in [6.45, 7) is 10.2. The highest BCUT2D eigenvalue weighted by Crippen LogP contribution is 2.38. The molecule has 1 aliphatic rings. The SMILES string of the molecule is CC(C)=CCC/C(=C/CC/C(C)=C/CC[C@]1(C)C=Cc2cc(O)cc(C)c2O1)C(=O)O. The van der Waals surface area contributed by atoms with E-state index in [-0.39, 0.29) is 11.4 Å². The van der Waals surface area contributed by atoms with E-state index >= 15 is 0 Å². The van der Waals surface area contributed by atoms with E-state index < -0.39 is 5.97 Å². The van der Waals surface area contributed by atoms with Crippen LogP contribution in [0.4, 0.5) is 0 Å². The first-order valence-corrected chi connectivity index (χ1v) is 11.0. The quantitative estimate of drug-likeness (QED) is 0.310. The summed E-state index contributed by atoms with van der Waals surface area (Å²) in [7, 11) is 0. The molecule has 0 saturated heterocycles. The van der Waals surface area contributed by atoms with Crippen LogP contribution in [0.3, 0.4) is 0 Å². The van der Waals surface area contributed by atoms with Crippen molar-refractivity contribution in [2.24, 2.45) is 0 Å². The molecular formula is C27H36O4. The summed E-state index contributed by atoms with van der Waals surface area (Å²) in [5.41, 5.74) is 4.43. The van der Waals surface area contributed by atoms with Crippen LogP contribution in [-0.4, -0.2) is 21.8 Å². The number of aryl methyl sites for hydroxylation is 1. The van der Waals surface area contributed by atoms with E-state index in [0.717, 1.165) is 49.0 Å². The molecule has 1 aromatic carbocycles. The van der Waals surface area contributed by atoms with Crippen molar-refractivity contribution in [2.75, 3.05) is 0 Å². The Kier molecular flexibility index (Phi) is 8.73. The molecule has 0 amide bonds. The van der Waals surface area contributed by atoms with Gasteiger partial charge >= 0.3 is 5.97 Å². The number of benzene rings is 1. The number of hydrogen-bond acceptors (Lipinski definition) is 3. The second kappa shape index (κ2) is 11.0. The molecule has 0 fully saturated rings. The van der Waals surface area contributed by atoms with Crippen molar-refractivity contribution < 1.29 is 19.7 Å². The molecule has 1 aliphatic heterocycles. The van der Waals surface area contributed by atoms with Crippen LogP contribution in [0.5, 0.6) is 11.5 Å². The Morgan fingerprint density at radius 2 is 1.77 bits per heavy atom. The van der Waals surface area contributed by atoms with Crippen LogP contribution in [-0.2, 0) is 4.79 Å². The number of phenolic OH excluding ortho intramolecular Hbond substituents is 1. The largest absolute Gasteiger partial charge is 0.508 e. The van der Waals surface area contributed by atoms with E-state index in [9.17, 15) is 15.0 Å². The van der Waals surface area contributed by atoms with E-state index in [4.69, 9.17) is 4.74 Å². The van der Waals surface area contributed by atoms with Crippen LogP contribution in [0, 0.1) is 6.92 Å². The predicted molar refractivity (Wildman–Crippen MR) is 128 cm³/mol. The van der Waals surface area contributed by atoms with Gasteiger partial charge in [0.05, 0.1) is 0 Å². The average molecular weight is 425 g/mol. The van der Waals surface area contributed by atoms with Crippen molar-refractivity contribution in [3.8, 4) is 11.5 Å². The van der Waals surface area contributed by atoms with Gasteiger partial charge in [-0.1, -0.05) is 35.5 Å². The summed E-state index contributed by atoms with van der Waals surface area (Å²) in [6, 6.07) is 3.45. The zero-order valence-electron chi connectivity index (χ0n) is 19.5. The Morgan fingerprint density at radius 1 is 1.06 bits per heavy atom. The summed E-state index contributed by atoms with van der Waals surface area (Å²) in [4.78, 5) is 11.4. The van der Waals surface area contributed by atoms with E-state index in [1.54, 1.807) is 12.1 Å². The third-order valence-corrected chi connectivity index (χ3v) is 5.54. The third-order valence-electron chi connectivity index (χ3n) is 5.54. The first-order valence-electron chi connectivity index (χ1n) is 11.0. The lowest BCUT2D eigenvalue weighted by atomic mass is 9.93. The lowest BCUT2D eigenvalue weighted by Crippen LogP contribution is -2.32. The molecule has 4 heteroatoms. The number of phenols is 1. The molecule has 0 saturated carbocycles. The Labute approximate surface area is 186 Å². The highest BCUT2D eigenvalue weighted by molar-refractivity contribution is 5.86. The smallest absolute Gasteiger partial charge is 0.331 e. The van der Waals surface area contributed by atoms with E-state index in [0.29, 0.717) is 12.0 Å². The van der Waals surface area contributed by atoms with E-state index in [1.807, 2.05) is 32.9 Å². The Bertz CT molecular complexity index is 913. The summed E-state index contributed by atoms with van der Waals surface area (Å²) in [6.07, 6.45) is 14.9. The van der Waals surface area contributed by atoms with Crippen LogP contribution in [0.2, 0.25) is 0 Å². The lowest BCUT2D eigenvalue weighted by Gasteiger charge is -2.32. The van der Waals surface area contributed by atoms with Crippen LogP contribution in [0.1, 0.15) is 77.3 Å². The number of aliphatic carboxylic acids is 1. The van der Waals surface area contributed by atoms with Gasteiger partial charge in [-0.05, 0) is 96.9 Å². The minimum Gasteiger partial charge on any atom is -0.508 e. The topological polar surface area (TPSA) is 66.8 Å². The molecule has 1 atom stereocenters. The molecule has 0 aliphatic carbocycles. The number of rotatable bonds is 10. The van der Waals surface area contributed by atoms with Crippen molar-refractivity contribution >= 4 is 12.0 Å². The zero-order chi connectivity index (χ0) is 23.0. The molecule has 168 valence electrons. The van der Waals surface area contributed by atoms with Crippen LogP contribution >= 0.6 is 0 Å². The van der Waals surface area contributed by atoms with E-state index in [2.05, 4.69) is 32.1 Å². The zero-order valence-corrected chi connectivity index (χ0v) is 19.5. The molecule has 1 aromatic rings. The minimum atomic E-state index is -0.818. The number of aromatic hydroxyl groups is 1. The van der Waals surface area contributed by atoms with Gasteiger partial charge < -0.3 is 14.9 Å². The number of carbonyl (C=O) groups is 1. The Hall–Kier alpha value is -2.75. The van der Waals surface area contributed by atoms with Crippen molar-refractivity contribution in [2.45, 2.75) is 78.7 Å². The highest BCUT2D eigenvalue weighted by atomic mass is 16.5. The number of ether oxygens (including phenoxy) is 1. The van der Waals surface area contributed by atoms with E-state index in [1.165, 1.54) is 11.1 Å². The van der Waals surface area contributed by atoms with Crippen LogP contribution in [0.25, 0.3) is 6.08 Å². The average Bonchev–Trinajstić information content (AvgIpc) is 2.67. The molecule has 31 heavy (non-hydrogen) atoms. The van der Waals surface area contributed by atoms with Gasteiger partial charge in [-0.15, -0.1) is 0 Å². The first kappa shape index (κ1) is 24.5. The Morgan fingerprint density at radius 3 is 2.45 bits per heavy atom. The van der Waals surface area contributed by atoms with Gasteiger partial charge in [-0.2, -0.15) is 0 Å². The molecule has 2 rings (SSSR count). The molecule has 0 aromatic heterocycles. The second-order valence-corrected chi connectivity index (χ2v) is 8.91. The fourth-order valence-corrected chi connectivity index (χ4v) is 3.71. The van der Waals surface area contributed by atoms with Crippen molar-refractivity contribution in [1.29, 1.82) is 0 Å². The van der Waals surface area contributed by atoms with Gasteiger partial charge in [0.1, 0.15) is 17.1 Å². The predicted octanol–water partition coefficient (Wildman–Crippen LogP) is 7.13. The maximum Gasteiger partial charge on any atom is 0.331 e. The monoisotopic (exact) mass is 424 g/mol. The summed E-state index contributed by atoms with van der Waals surface area (Å²) >= 11 is 0. The van der Waals surface area contributed by atoms with Gasteiger partial charge in [0, 0.05) is 11.1 Å². The fraction of sp³-hybridized carbons (Fsp3) is 0.444. The summed E-state index contributed by atoms with van der Waals surface area (Å²) in [5.74, 6) is 0.272. The molecule has 0 unspecified atom stereocenters. The molecule has 0 bridgehead atoms. The molecular weight excluding hydrogens is 388 g/mol. The number of fused-ring (bicyclic) bond motifs is 1. The van der Waals surface area contributed by atoms with Crippen molar-refractivity contribution in [3.63, 3.8) is 0 Å². The molecule has 0 spiro atoms. The summed E-state index contributed by atoms with van der Waals surface area (Å²) in [5, 5.41) is 19.1. The minimum absolute atomic E-state index is 0.253. The third kappa shape index (κ3) is 7.78. The second-order valence-electron chi connectivity index (χ2n) is 8.91.